The molecular formula is C28H34FN5O6S. The fourth-order valence-corrected chi connectivity index (χ4v) is 7.78. The number of halogens is 1. The van der Waals surface area contributed by atoms with E-state index in [0.717, 1.165) is 0 Å². The van der Waals surface area contributed by atoms with E-state index in [-0.39, 0.29) is 65.1 Å². The Kier molecular flexibility index (Phi) is 6.95. The van der Waals surface area contributed by atoms with Crippen molar-refractivity contribution in [3.05, 3.63) is 45.6 Å². The van der Waals surface area contributed by atoms with E-state index in [0.29, 0.717) is 56.5 Å². The van der Waals surface area contributed by atoms with Crippen LogP contribution in [-0.2, 0) is 16.6 Å². The van der Waals surface area contributed by atoms with Crippen molar-refractivity contribution < 1.29 is 27.1 Å². The first kappa shape index (κ1) is 27.6. The van der Waals surface area contributed by atoms with Crippen LogP contribution in [0.2, 0.25) is 0 Å². The van der Waals surface area contributed by atoms with Crippen molar-refractivity contribution in [3.63, 3.8) is 0 Å². The van der Waals surface area contributed by atoms with Crippen LogP contribution in [0.3, 0.4) is 0 Å². The molecule has 1 aliphatic carbocycles. The van der Waals surface area contributed by atoms with E-state index >= 15 is 0 Å². The van der Waals surface area contributed by atoms with Gasteiger partial charge in [0, 0.05) is 36.8 Å². The van der Waals surface area contributed by atoms with Gasteiger partial charge in [-0.2, -0.15) is 0 Å². The van der Waals surface area contributed by atoms with Crippen molar-refractivity contribution >= 4 is 32.7 Å². The molecule has 2 bridgehead atoms. The molecule has 0 N–H and O–H groups in total. The number of likely N-dealkylation sites (N-methyl/N-ethyl adjacent to an activating group) is 1. The van der Waals surface area contributed by atoms with Crippen molar-refractivity contribution in [3.8, 4) is 11.5 Å². The Balaban J connectivity index is 1.70. The van der Waals surface area contributed by atoms with Gasteiger partial charge in [0.2, 0.25) is 10.0 Å². The molecule has 1 saturated carbocycles. The van der Waals surface area contributed by atoms with Crippen LogP contribution in [0.15, 0.2) is 23.0 Å². The third kappa shape index (κ3) is 4.63. The first-order valence-corrected chi connectivity index (χ1v) is 15.7. The lowest BCUT2D eigenvalue weighted by Gasteiger charge is -2.33. The van der Waals surface area contributed by atoms with E-state index < -0.39 is 21.4 Å². The number of methoxy groups -OCH3 is 1. The normalized spacial score (nSPS) is 21.2. The van der Waals surface area contributed by atoms with Crippen molar-refractivity contribution in [2.24, 2.45) is 0 Å². The number of rotatable bonds is 3. The first-order valence-electron chi connectivity index (χ1n) is 14.1. The molecule has 0 saturated heterocycles. The third-order valence-electron chi connectivity index (χ3n) is 8.08. The van der Waals surface area contributed by atoms with Crippen LogP contribution >= 0.6 is 0 Å². The SMILES string of the molecule is CCN1CC(C)n2c(c(OC)c3c(=O)n4nc(c32)N(C2CC2)S(=O)(=O)CCCCCOc2cc(F)ccc2C4)C1=O. The van der Waals surface area contributed by atoms with Crippen molar-refractivity contribution in [1.82, 2.24) is 19.2 Å². The van der Waals surface area contributed by atoms with E-state index in [1.807, 2.05) is 13.8 Å². The summed E-state index contributed by atoms with van der Waals surface area (Å²) in [6, 6.07) is 3.55. The second-order valence-electron chi connectivity index (χ2n) is 11.0. The lowest BCUT2D eigenvalue weighted by Crippen LogP contribution is -2.42. The van der Waals surface area contributed by atoms with Gasteiger partial charge in [0.15, 0.2) is 17.3 Å². The van der Waals surface area contributed by atoms with Gasteiger partial charge in [0.25, 0.3) is 11.5 Å². The van der Waals surface area contributed by atoms with Crippen molar-refractivity contribution in [1.29, 1.82) is 0 Å². The summed E-state index contributed by atoms with van der Waals surface area (Å²) in [6.07, 6.45) is 2.95. The predicted octanol–water partition coefficient (Wildman–Crippen LogP) is 3.29. The Labute approximate surface area is 237 Å². The molecule has 1 fully saturated rings. The van der Waals surface area contributed by atoms with Gasteiger partial charge in [0.1, 0.15) is 22.5 Å². The number of hydrogen-bond donors (Lipinski definition) is 0. The number of ether oxygens (including phenoxy) is 2. The van der Waals surface area contributed by atoms with E-state index in [1.54, 1.807) is 9.47 Å². The van der Waals surface area contributed by atoms with Gasteiger partial charge < -0.3 is 18.9 Å². The van der Waals surface area contributed by atoms with Gasteiger partial charge in [-0.25, -0.2) is 21.8 Å². The third-order valence-corrected chi connectivity index (χ3v) is 9.95. The Hall–Kier alpha value is -3.61. The number of amides is 1. The highest BCUT2D eigenvalue weighted by Crippen LogP contribution is 2.44. The number of fused-ring (bicyclic) bond motifs is 7. The summed E-state index contributed by atoms with van der Waals surface area (Å²) < 4.78 is 57.9. The van der Waals surface area contributed by atoms with Crippen LogP contribution in [-0.4, -0.2) is 72.2 Å². The summed E-state index contributed by atoms with van der Waals surface area (Å²) in [5.74, 6) is -0.354. The molecule has 0 spiro atoms. The highest BCUT2D eigenvalue weighted by molar-refractivity contribution is 7.92. The van der Waals surface area contributed by atoms with Crippen LogP contribution < -0.4 is 19.3 Å². The molecule has 2 aliphatic heterocycles. The molecule has 1 aromatic carbocycles. The summed E-state index contributed by atoms with van der Waals surface area (Å²) in [5, 5.41) is 4.80. The zero-order valence-electron chi connectivity index (χ0n) is 23.4. The zero-order valence-corrected chi connectivity index (χ0v) is 24.2. The molecule has 6 rings (SSSR count). The minimum Gasteiger partial charge on any atom is -0.493 e. The second kappa shape index (κ2) is 10.3. The molecule has 220 valence electrons. The van der Waals surface area contributed by atoms with Gasteiger partial charge in [-0.3, -0.25) is 9.59 Å². The standard InChI is InChI=1S/C28H34FN5O6S/c1-4-31-15-17(2)33-23-22(25(39-3)24(33)28(31)36)27(35)32-16-18-8-9-19(29)14-21(18)40-12-6-5-7-13-41(37,38)34(20-10-11-20)26(23)30-32/h8-9,14,17,20H,4-7,10-13,15-16H2,1-3H3. The van der Waals surface area contributed by atoms with Crippen LogP contribution in [0.4, 0.5) is 10.2 Å². The average Bonchev–Trinajstić information content (AvgIpc) is 3.69. The fraction of sp³-hybridized carbons (Fsp3) is 0.536. The lowest BCUT2D eigenvalue weighted by atomic mass is 10.2. The summed E-state index contributed by atoms with van der Waals surface area (Å²) in [4.78, 5) is 29.5. The van der Waals surface area contributed by atoms with Crippen LogP contribution in [0.5, 0.6) is 11.5 Å². The summed E-state index contributed by atoms with van der Waals surface area (Å²) in [5.41, 5.74) is 0.473. The van der Waals surface area contributed by atoms with Crippen LogP contribution in [0.1, 0.15) is 68.0 Å². The Morgan fingerprint density at radius 1 is 1.17 bits per heavy atom. The highest BCUT2D eigenvalue weighted by atomic mass is 32.2. The maximum Gasteiger partial charge on any atom is 0.280 e. The number of benzene rings is 1. The molecule has 2 aromatic heterocycles. The molecule has 13 heteroatoms. The molecule has 3 aliphatic rings. The molecule has 1 amide bonds. The Bertz CT molecular complexity index is 1700. The maximum absolute atomic E-state index is 14.2. The number of nitrogens with zero attached hydrogens (tertiary/aromatic N) is 5. The number of anilines is 1. The number of carbonyl (C=O) groups excluding carboxylic acids is 1. The molecule has 1 unspecified atom stereocenters. The fourth-order valence-electron chi connectivity index (χ4n) is 5.96. The van der Waals surface area contributed by atoms with Gasteiger partial charge >= 0.3 is 0 Å². The first-order chi connectivity index (χ1) is 19.7. The molecule has 3 aromatic rings. The molecule has 4 heterocycles. The molecule has 41 heavy (non-hydrogen) atoms. The highest BCUT2D eigenvalue weighted by Gasteiger charge is 2.43. The quantitative estimate of drug-likeness (QED) is 0.462. The number of hydrogen-bond acceptors (Lipinski definition) is 7. The zero-order chi connectivity index (χ0) is 29.1. The van der Waals surface area contributed by atoms with E-state index in [1.165, 1.54) is 34.3 Å². The summed E-state index contributed by atoms with van der Waals surface area (Å²) in [6.45, 7) is 4.86. The Morgan fingerprint density at radius 2 is 1.95 bits per heavy atom. The monoisotopic (exact) mass is 587 g/mol. The minimum atomic E-state index is -3.83. The summed E-state index contributed by atoms with van der Waals surface area (Å²) >= 11 is 0. The van der Waals surface area contributed by atoms with Crippen LogP contribution in [0, 0.1) is 5.82 Å². The van der Waals surface area contributed by atoms with Crippen molar-refractivity contribution in [2.45, 2.75) is 64.6 Å². The molecule has 0 radical (unpaired) electrons. The molecule has 11 nitrogen and oxygen atoms in total. The van der Waals surface area contributed by atoms with Crippen LogP contribution in [0.25, 0.3) is 10.9 Å². The number of sulfonamides is 1. The maximum atomic E-state index is 14.2. The Morgan fingerprint density at radius 3 is 2.66 bits per heavy atom. The minimum absolute atomic E-state index is 0.0931. The average molecular weight is 588 g/mol. The largest absolute Gasteiger partial charge is 0.493 e. The van der Waals surface area contributed by atoms with E-state index in [4.69, 9.17) is 14.6 Å². The van der Waals surface area contributed by atoms with Gasteiger partial charge in [-0.1, -0.05) is 6.07 Å². The lowest BCUT2D eigenvalue weighted by molar-refractivity contribution is 0.0685. The van der Waals surface area contributed by atoms with Gasteiger partial charge in [-0.15, -0.1) is 5.10 Å². The van der Waals surface area contributed by atoms with Gasteiger partial charge in [-0.05, 0) is 52.0 Å². The van der Waals surface area contributed by atoms with Crippen molar-refractivity contribution in [2.75, 3.05) is 36.9 Å². The van der Waals surface area contributed by atoms with E-state index in [2.05, 4.69) is 0 Å². The van der Waals surface area contributed by atoms with E-state index in [9.17, 15) is 22.4 Å². The van der Waals surface area contributed by atoms with Gasteiger partial charge in [0.05, 0.1) is 26.0 Å². The molecule has 1 atom stereocenters. The summed E-state index contributed by atoms with van der Waals surface area (Å²) in [7, 11) is -2.43. The predicted molar refractivity (Wildman–Crippen MR) is 151 cm³/mol. The number of aromatic nitrogens is 3. The second-order valence-corrected chi connectivity index (χ2v) is 12.9. The number of carbonyl (C=O) groups is 1. The smallest absolute Gasteiger partial charge is 0.280 e. The molecular weight excluding hydrogens is 553 g/mol. The topological polar surface area (TPSA) is 116 Å².